The highest BCUT2D eigenvalue weighted by Crippen LogP contribution is 2.19. The lowest BCUT2D eigenvalue weighted by Crippen LogP contribution is -2.43. The van der Waals surface area contributed by atoms with E-state index >= 15 is 0 Å². The number of halogens is 1. The first-order chi connectivity index (χ1) is 8.57. The molecule has 0 aliphatic rings. The molecule has 0 aliphatic heterocycles. The monoisotopic (exact) mass is 413 g/mol. The summed E-state index contributed by atoms with van der Waals surface area (Å²) in [7, 11) is 0. The van der Waals surface area contributed by atoms with Gasteiger partial charge in [-0.15, -0.1) is 35.3 Å². The minimum atomic E-state index is 0. The highest BCUT2D eigenvalue weighted by atomic mass is 127. The first kappa shape index (κ1) is 19.1. The Morgan fingerprint density at radius 2 is 2.16 bits per heavy atom. The number of aliphatic imine (C=N–C) groups is 1. The molecule has 0 bridgehead atoms. The average molecular weight is 413 g/mol. The second-order valence-corrected chi connectivity index (χ2v) is 7.14. The zero-order valence-electron chi connectivity index (χ0n) is 12.0. The van der Waals surface area contributed by atoms with Gasteiger partial charge in [0.05, 0.1) is 6.54 Å². The van der Waals surface area contributed by atoms with Crippen molar-refractivity contribution in [1.82, 2.24) is 10.6 Å². The van der Waals surface area contributed by atoms with E-state index in [0.29, 0.717) is 0 Å². The van der Waals surface area contributed by atoms with Crippen molar-refractivity contribution in [3.63, 3.8) is 0 Å². The number of guanidine groups is 1. The largest absolute Gasteiger partial charge is 0.357 e. The Balaban J connectivity index is 0.00000324. The first-order valence-electron chi connectivity index (χ1n) is 6.17. The smallest absolute Gasteiger partial charge is 0.191 e. The molecule has 1 aromatic heterocycles. The van der Waals surface area contributed by atoms with Gasteiger partial charge in [-0.2, -0.15) is 11.8 Å². The van der Waals surface area contributed by atoms with E-state index in [-0.39, 0.29) is 28.7 Å². The molecule has 0 saturated carbocycles. The second kappa shape index (κ2) is 9.88. The fraction of sp³-hybridized carbons (Fsp3) is 0.615. The maximum Gasteiger partial charge on any atom is 0.191 e. The molecule has 6 heteroatoms. The van der Waals surface area contributed by atoms with Crippen molar-refractivity contribution < 1.29 is 0 Å². The lowest BCUT2D eigenvalue weighted by molar-refractivity contribution is 0.665. The molecule has 0 atom stereocenters. The summed E-state index contributed by atoms with van der Waals surface area (Å²) < 4.78 is 0.221. The lowest BCUT2D eigenvalue weighted by atomic mass is 10.2. The van der Waals surface area contributed by atoms with E-state index in [1.165, 1.54) is 4.88 Å². The summed E-state index contributed by atoms with van der Waals surface area (Å²) in [5, 5.41) is 8.76. The van der Waals surface area contributed by atoms with Gasteiger partial charge in [-0.1, -0.05) is 6.07 Å². The SMILES string of the molecule is CCNC(=NCc1cccs1)NCC(C)(C)SC.I. The van der Waals surface area contributed by atoms with Gasteiger partial charge in [0.25, 0.3) is 0 Å². The molecule has 1 aromatic rings. The molecule has 0 spiro atoms. The highest BCUT2D eigenvalue weighted by molar-refractivity contribution is 14.0. The first-order valence-corrected chi connectivity index (χ1v) is 8.27. The molecule has 0 fully saturated rings. The molecule has 1 heterocycles. The number of nitrogens with zero attached hydrogens (tertiary/aromatic N) is 1. The van der Waals surface area contributed by atoms with Crippen LogP contribution in [0.3, 0.4) is 0 Å². The normalized spacial score (nSPS) is 11.9. The summed E-state index contributed by atoms with van der Waals surface area (Å²) in [5.41, 5.74) is 0. The Kier molecular flexibility index (Phi) is 9.90. The summed E-state index contributed by atoms with van der Waals surface area (Å²) in [5.74, 6) is 0.896. The fourth-order valence-electron chi connectivity index (χ4n) is 1.27. The van der Waals surface area contributed by atoms with Gasteiger partial charge >= 0.3 is 0 Å². The van der Waals surface area contributed by atoms with Crippen LogP contribution < -0.4 is 10.6 Å². The molecule has 19 heavy (non-hydrogen) atoms. The van der Waals surface area contributed by atoms with Crippen LogP contribution in [0.1, 0.15) is 25.6 Å². The molecule has 0 aromatic carbocycles. The Labute approximate surface area is 142 Å². The van der Waals surface area contributed by atoms with Gasteiger partial charge in [-0.3, -0.25) is 0 Å². The zero-order valence-corrected chi connectivity index (χ0v) is 16.0. The minimum Gasteiger partial charge on any atom is -0.357 e. The van der Waals surface area contributed by atoms with E-state index in [0.717, 1.165) is 25.6 Å². The lowest BCUT2D eigenvalue weighted by Gasteiger charge is -2.23. The number of rotatable bonds is 6. The minimum absolute atomic E-state index is 0. The molecule has 110 valence electrons. The number of thiophene rings is 1. The highest BCUT2D eigenvalue weighted by Gasteiger charge is 2.15. The zero-order chi connectivity index (χ0) is 13.4. The predicted octanol–water partition coefficient (Wildman–Crippen LogP) is 3.56. The molecule has 1 rings (SSSR count). The summed E-state index contributed by atoms with van der Waals surface area (Å²) in [6, 6.07) is 4.18. The van der Waals surface area contributed by atoms with Gasteiger partial charge < -0.3 is 10.6 Å². The van der Waals surface area contributed by atoms with Crippen molar-refractivity contribution in [2.75, 3.05) is 19.3 Å². The summed E-state index contributed by atoms with van der Waals surface area (Å²) >= 11 is 3.60. The van der Waals surface area contributed by atoms with Crippen molar-refractivity contribution in [2.45, 2.75) is 32.1 Å². The quantitative estimate of drug-likeness (QED) is 0.425. The predicted molar refractivity (Wildman–Crippen MR) is 100 cm³/mol. The van der Waals surface area contributed by atoms with Crippen LogP contribution in [0.25, 0.3) is 0 Å². The molecular formula is C13H24IN3S2. The maximum atomic E-state index is 4.59. The van der Waals surface area contributed by atoms with E-state index in [2.05, 4.69) is 60.2 Å². The summed E-state index contributed by atoms with van der Waals surface area (Å²) in [6.07, 6.45) is 2.14. The molecule has 0 aliphatic carbocycles. The van der Waals surface area contributed by atoms with E-state index in [1.807, 2.05) is 11.8 Å². The van der Waals surface area contributed by atoms with Crippen LogP contribution >= 0.6 is 47.1 Å². The van der Waals surface area contributed by atoms with E-state index in [1.54, 1.807) is 11.3 Å². The Bertz CT molecular complexity index is 364. The molecule has 0 radical (unpaired) electrons. The van der Waals surface area contributed by atoms with Crippen LogP contribution in [0.4, 0.5) is 0 Å². The number of nitrogens with one attached hydrogen (secondary N) is 2. The van der Waals surface area contributed by atoms with Crippen LogP contribution in [-0.2, 0) is 6.54 Å². The van der Waals surface area contributed by atoms with Crippen molar-refractivity contribution in [1.29, 1.82) is 0 Å². The van der Waals surface area contributed by atoms with Crippen molar-refractivity contribution in [3.8, 4) is 0 Å². The number of hydrogen-bond donors (Lipinski definition) is 2. The van der Waals surface area contributed by atoms with Gasteiger partial charge in [-0.25, -0.2) is 4.99 Å². The van der Waals surface area contributed by atoms with Crippen molar-refractivity contribution in [2.24, 2.45) is 4.99 Å². The molecule has 0 amide bonds. The van der Waals surface area contributed by atoms with Gasteiger partial charge in [-0.05, 0) is 38.5 Å². The number of hydrogen-bond acceptors (Lipinski definition) is 3. The van der Waals surface area contributed by atoms with Crippen molar-refractivity contribution >= 4 is 53.0 Å². The third-order valence-corrected chi connectivity index (χ3v) is 4.66. The van der Waals surface area contributed by atoms with Crippen LogP contribution in [0.2, 0.25) is 0 Å². The van der Waals surface area contributed by atoms with E-state index in [9.17, 15) is 0 Å². The fourth-order valence-corrected chi connectivity index (χ4v) is 2.11. The maximum absolute atomic E-state index is 4.59. The van der Waals surface area contributed by atoms with Crippen LogP contribution in [0, 0.1) is 0 Å². The average Bonchev–Trinajstić information content (AvgIpc) is 2.86. The Morgan fingerprint density at radius 3 is 2.68 bits per heavy atom. The van der Waals surface area contributed by atoms with Crippen LogP contribution in [0.15, 0.2) is 22.5 Å². The standard InChI is InChI=1S/C13H23N3S2.HI/c1-5-14-12(16-10-13(2,3)17-4)15-9-11-7-6-8-18-11;/h6-8H,5,9-10H2,1-4H3,(H2,14,15,16);1H. The van der Waals surface area contributed by atoms with E-state index < -0.39 is 0 Å². The molecule has 3 nitrogen and oxygen atoms in total. The summed E-state index contributed by atoms with van der Waals surface area (Å²) in [4.78, 5) is 5.88. The molecule has 2 N–H and O–H groups in total. The molecule has 0 unspecified atom stereocenters. The van der Waals surface area contributed by atoms with Gasteiger partial charge in [0.1, 0.15) is 0 Å². The van der Waals surface area contributed by atoms with Gasteiger partial charge in [0.15, 0.2) is 5.96 Å². The topological polar surface area (TPSA) is 36.4 Å². The molecular weight excluding hydrogens is 389 g/mol. The third-order valence-electron chi connectivity index (χ3n) is 2.55. The third kappa shape index (κ3) is 8.04. The van der Waals surface area contributed by atoms with Crippen LogP contribution in [0.5, 0.6) is 0 Å². The second-order valence-electron chi connectivity index (χ2n) is 4.59. The Morgan fingerprint density at radius 1 is 1.42 bits per heavy atom. The van der Waals surface area contributed by atoms with Gasteiger partial charge in [0.2, 0.25) is 0 Å². The summed E-state index contributed by atoms with van der Waals surface area (Å²) in [6.45, 7) is 9.08. The van der Waals surface area contributed by atoms with Crippen molar-refractivity contribution in [3.05, 3.63) is 22.4 Å². The van der Waals surface area contributed by atoms with Crippen LogP contribution in [-0.4, -0.2) is 30.1 Å². The number of thioether (sulfide) groups is 1. The van der Waals surface area contributed by atoms with Gasteiger partial charge in [0, 0.05) is 22.7 Å². The van der Waals surface area contributed by atoms with E-state index in [4.69, 9.17) is 0 Å². The Hall–Kier alpha value is 0.0500. The molecule has 0 saturated heterocycles.